The summed E-state index contributed by atoms with van der Waals surface area (Å²) in [5.74, 6) is 0.423. The van der Waals surface area contributed by atoms with Gasteiger partial charge in [0.2, 0.25) is 15.9 Å². The standard InChI is InChI=1S/C20H18N2O5S/c23-20(16-8-4-9-17(12-16)22-10-5-11-28(22,24)25)26-14-19-21-13-18(27-19)15-6-2-1-3-7-15/h1-4,6-9,12-13H,5,10-11,14H2. The van der Waals surface area contributed by atoms with Crippen LogP contribution in [0.5, 0.6) is 0 Å². The molecule has 144 valence electrons. The molecule has 3 aromatic rings. The lowest BCUT2D eigenvalue weighted by atomic mass is 10.2. The van der Waals surface area contributed by atoms with Crippen molar-refractivity contribution in [2.75, 3.05) is 16.6 Å². The molecule has 0 amide bonds. The Morgan fingerprint density at radius 2 is 1.96 bits per heavy atom. The lowest BCUT2D eigenvalue weighted by molar-refractivity contribution is 0.0439. The summed E-state index contributed by atoms with van der Waals surface area (Å²) >= 11 is 0. The van der Waals surface area contributed by atoms with E-state index in [2.05, 4.69) is 4.98 Å². The van der Waals surface area contributed by atoms with Gasteiger partial charge >= 0.3 is 5.97 Å². The van der Waals surface area contributed by atoms with E-state index in [9.17, 15) is 13.2 Å². The summed E-state index contributed by atoms with van der Waals surface area (Å²) in [6.07, 6.45) is 2.16. The molecule has 0 radical (unpaired) electrons. The van der Waals surface area contributed by atoms with Gasteiger partial charge in [-0.3, -0.25) is 4.31 Å². The van der Waals surface area contributed by atoms with E-state index >= 15 is 0 Å². The highest BCUT2D eigenvalue weighted by Crippen LogP contribution is 2.25. The van der Waals surface area contributed by atoms with Crippen molar-refractivity contribution in [3.63, 3.8) is 0 Å². The van der Waals surface area contributed by atoms with E-state index in [0.29, 0.717) is 24.4 Å². The Balaban J connectivity index is 1.43. The lowest BCUT2D eigenvalue weighted by Crippen LogP contribution is -2.25. The molecule has 0 unspecified atom stereocenters. The zero-order valence-electron chi connectivity index (χ0n) is 14.9. The number of hydrogen-bond donors (Lipinski definition) is 0. The van der Waals surface area contributed by atoms with Gasteiger partial charge in [0.05, 0.1) is 23.2 Å². The number of nitrogens with zero attached hydrogens (tertiary/aromatic N) is 2. The third-order valence-corrected chi connectivity index (χ3v) is 6.28. The first-order valence-corrected chi connectivity index (χ1v) is 10.4. The monoisotopic (exact) mass is 398 g/mol. The van der Waals surface area contributed by atoms with E-state index < -0.39 is 16.0 Å². The number of anilines is 1. The molecule has 2 heterocycles. The first-order chi connectivity index (χ1) is 13.5. The number of hydrogen-bond acceptors (Lipinski definition) is 6. The third kappa shape index (κ3) is 3.77. The van der Waals surface area contributed by atoms with E-state index in [4.69, 9.17) is 9.15 Å². The van der Waals surface area contributed by atoms with Crippen LogP contribution in [0.1, 0.15) is 22.7 Å². The minimum Gasteiger partial charge on any atom is -0.452 e. The highest BCUT2D eigenvalue weighted by Gasteiger charge is 2.28. The Bertz CT molecular complexity index is 1090. The topological polar surface area (TPSA) is 89.7 Å². The molecule has 28 heavy (non-hydrogen) atoms. The van der Waals surface area contributed by atoms with Crippen molar-refractivity contribution in [2.24, 2.45) is 0 Å². The molecule has 0 spiro atoms. The largest absolute Gasteiger partial charge is 0.452 e. The van der Waals surface area contributed by atoms with E-state index in [1.807, 2.05) is 30.3 Å². The number of carbonyl (C=O) groups excluding carboxylic acids is 1. The fraction of sp³-hybridized carbons (Fsp3) is 0.200. The van der Waals surface area contributed by atoms with Gasteiger partial charge in [-0.25, -0.2) is 18.2 Å². The summed E-state index contributed by atoms with van der Waals surface area (Å²) in [7, 11) is -3.31. The summed E-state index contributed by atoms with van der Waals surface area (Å²) in [6.45, 7) is 0.303. The Morgan fingerprint density at radius 3 is 2.71 bits per heavy atom. The summed E-state index contributed by atoms with van der Waals surface area (Å²) in [4.78, 5) is 16.5. The van der Waals surface area contributed by atoms with E-state index in [-0.39, 0.29) is 23.8 Å². The van der Waals surface area contributed by atoms with Crippen molar-refractivity contribution in [1.82, 2.24) is 4.98 Å². The second-order valence-electron chi connectivity index (χ2n) is 6.35. The molecular formula is C20H18N2O5S. The number of esters is 1. The van der Waals surface area contributed by atoms with Gasteiger partial charge in [0.25, 0.3) is 0 Å². The minimum atomic E-state index is -3.31. The summed E-state index contributed by atoms with van der Waals surface area (Å²) in [5.41, 5.74) is 1.62. The van der Waals surface area contributed by atoms with Gasteiger partial charge in [-0.1, -0.05) is 36.4 Å². The number of rotatable bonds is 5. The van der Waals surface area contributed by atoms with E-state index in [1.165, 1.54) is 10.4 Å². The Kier molecular flexibility index (Phi) is 4.87. The smallest absolute Gasteiger partial charge is 0.338 e. The van der Waals surface area contributed by atoms with Crippen LogP contribution in [-0.2, 0) is 21.4 Å². The van der Waals surface area contributed by atoms with Crippen LogP contribution in [0, 0.1) is 0 Å². The van der Waals surface area contributed by atoms with Crippen molar-refractivity contribution in [3.8, 4) is 11.3 Å². The SMILES string of the molecule is O=C(OCc1ncc(-c2ccccc2)o1)c1cccc(N2CCCS2(=O)=O)c1. The van der Waals surface area contributed by atoms with Crippen LogP contribution in [0.25, 0.3) is 11.3 Å². The molecular weight excluding hydrogens is 380 g/mol. The average Bonchev–Trinajstić information content (AvgIpc) is 3.33. The third-order valence-electron chi connectivity index (χ3n) is 4.41. The van der Waals surface area contributed by atoms with Crippen molar-refractivity contribution in [1.29, 1.82) is 0 Å². The molecule has 7 nitrogen and oxygen atoms in total. The van der Waals surface area contributed by atoms with Gasteiger partial charge in [-0.15, -0.1) is 0 Å². The van der Waals surface area contributed by atoms with Gasteiger partial charge in [0.1, 0.15) is 0 Å². The molecule has 8 heteroatoms. The maximum atomic E-state index is 12.4. The van der Waals surface area contributed by atoms with Crippen molar-refractivity contribution < 1.29 is 22.4 Å². The predicted octanol–water partition coefficient (Wildman–Crippen LogP) is 3.24. The van der Waals surface area contributed by atoms with Crippen molar-refractivity contribution in [3.05, 3.63) is 72.2 Å². The number of sulfonamides is 1. The number of benzene rings is 2. The molecule has 0 N–H and O–H groups in total. The van der Waals surface area contributed by atoms with Crippen LogP contribution in [-0.4, -0.2) is 31.7 Å². The molecule has 0 saturated carbocycles. The highest BCUT2D eigenvalue weighted by molar-refractivity contribution is 7.93. The average molecular weight is 398 g/mol. The Morgan fingerprint density at radius 1 is 1.14 bits per heavy atom. The second-order valence-corrected chi connectivity index (χ2v) is 8.37. The van der Waals surface area contributed by atoms with Crippen LogP contribution in [0.2, 0.25) is 0 Å². The Hall–Kier alpha value is -3.13. The van der Waals surface area contributed by atoms with Crippen LogP contribution < -0.4 is 4.31 Å². The number of oxazole rings is 1. The minimum absolute atomic E-state index is 0.113. The van der Waals surface area contributed by atoms with E-state index in [1.54, 1.807) is 24.4 Å². The van der Waals surface area contributed by atoms with Crippen molar-refractivity contribution in [2.45, 2.75) is 13.0 Å². The summed E-state index contributed by atoms with van der Waals surface area (Å²) in [6, 6.07) is 15.9. The summed E-state index contributed by atoms with van der Waals surface area (Å²) < 4.78 is 36.3. The van der Waals surface area contributed by atoms with E-state index in [0.717, 1.165) is 5.56 Å². The molecule has 0 aliphatic carbocycles. The maximum absolute atomic E-state index is 12.4. The predicted molar refractivity (Wildman–Crippen MR) is 103 cm³/mol. The number of aromatic nitrogens is 1. The first kappa shape index (κ1) is 18.2. The zero-order valence-corrected chi connectivity index (χ0v) is 15.8. The highest BCUT2D eigenvalue weighted by atomic mass is 32.2. The molecule has 1 aliphatic rings. The molecule has 1 aliphatic heterocycles. The second kappa shape index (κ2) is 7.47. The molecule has 0 atom stereocenters. The van der Waals surface area contributed by atoms with Gasteiger partial charge < -0.3 is 9.15 Å². The number of ether oxygens (including phenoxy) is 1. The quantitative estimate of drug-likeness (QED) is 0.613. The molecule has 1 fully saturated rings. The van der Waals surface area contributed by atoms with Gasteiger partial charge in [-0.2, -0.15) is 0 Å². The zero-order chi connectivity index (χ0) is 19.6. The van der Waals surface area contributed by atoms with Crippen molar-refractivity contribution >= 4 is 21.7 Å². The molecule has 0 bridgehead atoms. The Labute approximate surface area is 162 Å². The fourth-order valence-electron chi connectivity index (χ4n) is 3.04. The number of carbonyl (C=O) groups is 1. The van der Waals surface area contributed by atoms with Gasteiger partial charge in [-0.05, 0) is 24.6 Å². The van der Waals surface area contributed by atoms with Crippen LogP contribution >= 0.6 is 0 Å². The van der Waals surface area contributed by atoms with Gasteiger partial charge in [0.15, 0.2) is 12.4 Å². The fourth-order valence-corrected chi connectivity index (χ4v) is 4.60. The van der Waals surface area contributed by atoms with Crippen LogP contribution in [0.3, 0.4) is 0 Å². The van der Waals surface area contributed by atoms with Crippen LogP contribution in [0.4, 0.5) is 5.69 Å². The van der Waals surface area contributed by atoms with Crippen LogP contribution in [0.15, 0.2) is 65.2 Å². The maximum Gasteiger partial charge on any atom is 0.338 e. The molecule has 4 rings (SSSR count). The molecule has 1 aromatic heterocycles. The molecule has 2 aromatic carbocycles. The lowest BCUT2D eigenvalue weighted by Gasteiger charge is -2.17. The molecule has 1 saturated heterocycles. The summed E-state index contributed by atoms with van der Waals surface area (Å²) in [5, 5.41) is 0. The first-order valence-electron chi connectivity index (χ1n) is 8.81. The van der Waals surface area contributed by atoms with Gasteiger partial charge in [0, 0.05) is 12.1 Å². The normalized spacial score (nSPS) is 15.5.